The Morgan fingerprint density at radius 1 is 0.320 bits per heavy atom. The van der Waals surface area contributed by atoms with E-state index in [1.165, 1.54) is 334 Å². The molecule has 1 amide bonds. The standard InChI is InChI=1S/C69H137NO5/c1-3-5-7-9-11-13-15-17-18-19-20-21-22-23-24-26-29-32-35-38-41-45-49-53-57-61-67(72)66(65-71)70-68(73)62-58-54-50-46-42-39-36-33-30-27-25-28-31-34-37-40-44-48-52-56-60-64-75-69(74)63-59-55-51-47-43-16-14-12-10-8-6-4-2/h66-67,71-72H,3-65H2,1-2H3,(H,70,73). The van der Waals surface area contributed by atoms with Crippen molar-refractivity contribution in [2.75, 3.05) is 13.2 Å². The molecule has 0 saturated carbocycles. The fourth-order valence-electron chi connectivity index (χ4n) is 11.4. The van der Waals surface area contributed by atoms with Crippen LogP contribution in [-0.4, -0.2) is 47.4 Å². The smallest absolute Gasteiger partial charge is 0.305 e. The van der Waals surface area contributed by atoms with Crippen LogP contribution in [0.4, 0.5) is 0 Å². The Labute approximate surface area is 470 Å². The maximum atomic E-state index is 12.6. The Bertz CT molecular complexity index is 1080. The van der Waals surface area contributed by atoms with Gasteiger partial charge >= 0.3 is 5.97 Å². The topological polar surface area (TPSA) is 95.9 Å². The predicted molar refractivity (Wildman–Crippen MR) is 329 cm³/mol. The molecule has 0 fully saturated rings. The first-order chi connectivity index (χ1) is 37.0. The molecule has 0 bridgehead atoms. The van der Waals surface area contributed by atoms with Crippen molar-refractivity contribution in [2.24, 2.45) is 0 Å². The maximum Gasteiger partial charge on any atom is 0.305 e. The zero-order valence-electron chi connectivity index (χ0n) is 51.3. The summed E-state index contributed by atoms with van der Waals surface area (Å²) in [7, 11) is 0. The van der Waals surface area contributed by atoms with E-state index in [2.05, 4.69) is 19.2 Å². The SMILES string of the molecule is CCCCCCCCCCCCCCCCCCCCCCCCCCCC(O)C(CO)NC(=O)CCCCCCCCCCCCCCCCCCCCCCCOC(=O)CCCCCCCCCCCCCC. The molecule has 2 atom stereocenters. The molecule has 0 saturated heterocycles. The number of amides is 1. The number of carbonyl (C=O) groups is 2. The summed E-state index contributed by atoms with van der Waals surface area (Å²) in [6.45, 7) is 5.00. The second kappa shape index (κ2) is 65.4. The van der Waals surface area contributed by atoms with Crippen LogP contribution in [0.1, 0.15) is 406 Å². The quantitative estimate of drug-likeness (QED) is 0.0417. The zero-order valence-corrected chi connectivity index (χ0v) is 51.3. The number of unbranched alkanes of at least 4 members (excludes halogenated alkanes) is 55. The van der Waals surface area contributed by atoms with Crippen LogP contribution >= 0.6 is 0 Å². The lowest BCUT2D eigenvalue weighted by atomic mass is 10.0. The van der Waals surface area contributed by atoms with E-state index in [4.69, 9.17) is 4.74 Å². The molecular weight excluding hydrogens is 923 g/mol. The lowest BCUT2D eigenvalue weighted by molar-refractivity contribution is -0.143. The summed E-state index contributed by atoms with van der Waals surface area (Å²) in [5.41, 5.74) is 0. The van der Waals surface area contributed by atoms with E-state index in [-0.39, 0.29) is 18.5 Å². The summed E-state index contributed by atoms with van der Waals surface area (Å²) in [6, 6.07) is -0.542. The Hall–Kier alpha value is -1.14. The molecule has 0 aliphatic rings. The van der Waals surface area contributed by atoms with E-state index in [0.29, 0.717) is 25.9 Å². The number of aliphatic hydroxyl groups excluding tert-OH is 2. The van der Waals surface area contributed by atoms with Crippen LogP contribution in [-0.2, 0) is 14.3 Å². The van der Waals surface area contributed by atoms with Crippen LogP contribution in [0.25, 0.3) is 0 Å². The van der Waals surface area contributed by atoms with E-state index >= 15 is 0 Å². The Balaban J connectivity index is 3.38. The highest BCUT2D eigenvalue weighted by Gasteiger charge is 2.20. The average Bonchev–Trinajstić information content (AvgIpc) is 3.41. The molecule has 448 valence electrons. The lowest BCUT2D eigenvalue weighted by Crippen LogP contribution is -2.45. The molecular formula is C69H137NO5. The van der Waals surface area contributed by atoms with Crippen molar-refractivity contribution in [3.8, 4) is 0 Å². The third-order valence-electron chi connectivity index (χ3n) is 16.7. The van der Waals surface area contributed by atoms with Gasteiger partial charge in [-0.25, -0.2) is 0 Å². The van der Waals surface area contributed by atoms with Gasteiger partial charge in [-0.05, 0) is 25.7 Å². The number of carbonyl (C=O) groups excluding carboxylic acids is 2. The van der Waals surface area contributed by atoms with Crippen molar-refractivity contribution in [3.63, 3.8) is 0 Å². The van der Waals surface area contributed by atoms with E-state index in [9.17, 15) is 19.8 Å². The third-order valence-corrected chi connectivity index (χ3v) is 16.7. The van der Waals surface area contributed by atoms with E-state index in [1.54, 1.807) is 0 Å². The first kappa shape index (κ1) is 73.9. The molecule has 0 aliphatic carbocycles. The first-order valence-electron chi connectivity index (χ1n) is 34.8. The maximum absolute atomic E-state index is 12.6. The Morgan fingerprint density at radius 2 is 0.547 bits per heavy atom. The number of rotatable bonds is 66. The molecule has 0 aliphatic heterocycles. The van der Waals surface area contributed by atoms with Gasteiger partial charge in [0.15, 0.2) is 0 Å². The van der Waals surface area contributed by atoms with Gasteiger partial charge in [0.05, 0.1) is 25.4 Å². The summed E-state index contributed by atoms with van der Waals surface area (Å²) in [5.74, 6) is -0.0157. The van der Waals surface area contributed by atoms with Crippen molar-refractivity contribution < 1.29 is 24.5 Å². The van der Waals surface area contributed by atoms with Gasteiger partial charge in [-0.3, -0.25) is 9.59 Å². The van der Waals surface area contributed by atoms with Gasteiger partial charge in [0, 0.05) is 12.8 Å². The summed E-state index contributed by atoms with van der Waals surface area (Å²) in [5, 5.41) is 23.4. The summed E-state index contributed by atoms with van der Waals surface area (Å²) >= 11 is 0. The fourth-order valence-corrected chi connectivity index (χ4v) is 11.4. The molecule has 6 heteroatoms. The molecule has 75 heavy (non-hydrogen) atoms. The van der Waals surface area contributed by atoms with Crippen LogP contribution in [0.15, 0.2) is 0 Å². The Morgan fingerprint density at radius 3 is 0.813 bits per heavy atom. The van der Waals surface area contributed by atoms with Crippen molar-refractivity contribution in [1.82, 2.24) is 5.32 Å². The van der Waals surface area contributed by atoms with E-state index in [0.717, 1.165) is 38.5 Å². The van der Waals surface area contributed by atoms with Gasteiger partial charge in [0.1, 0.15) is 0 Å². The van der Waals surface area contributed by atoms with Gasteiger partial charge in [0.25, 0.3) is 0 Å². The van der Waals surface area contributed by atoms with Crippen molar-refractivity contribution in [3.05, 3.63) is 0 Å². The third kappa shape index (κ3) is 61.9. The largest absolute Gasteiger partial charge is 0.466 e. The molecule has 0 rings (SSSR count). The minimum Gasteiger partial charge on any atom is -0.466 e. The minimum absolute atomic E-state index is 0.0143. The summed E-state index contributed by atoms with van der Waals surface area (Å²) in [6.07, 6.45) is 78.6. The number of esters is 1. The number of hydrogen-bond acceptors (Lipinski definition) is 5. The number of aliphatic hydroxyl groups is 2. The van der Waals surface area contributed by atoms with Crippen molar-refractivity contribution in [1.29, 1.82) is 0 Å². The van der Waals surface area contributed by atoms with Gasteiger partial charge in [-0.15, -0.1) is 0 Å². The van der Waals surface area contributed by atoms with E-state index in [1.807, 2.05) is 0 Å². The normalized spacial score (nSPS) is 12.4. The molecule has 6 nitrogen and oxygen atoms in total. The zero-order chi connectivity index (χ0) is 54.3. The van der Waals surface area contributed by atoms with Gasteiger partial charge in [0.2, 0.25) is 5.91 Å². The van der Waals surface area contributed by atoms with Crippen LogP contribution in [0.3, 0.4) is 0 Å². The second-order valence-electron chi connectivity index (χ2n) is 24.2. The lowest BCUT2D eigenvalue weighted by Gasteiger charge is -2.22. The first-order valence-corrected chi connectivity index (χ1v) is 34.8. The minimum atomic E-state index is -0.665. The van der Waals surface area contributed by atoms with Crippen molar-refractivity contribution in [2.45, 2.75) is 418 Å². The van der Waals surface area contributed by atoms with Gasteiger partial charge in [-0.1, -0.05) is 367 Å². The number of hydrogen-bond donors (Lipinski definition) is 3. The van der Waals surface area contributed by atoms with Crippen LogP contribution in [0.2, 0.25) is 0 Å². The highest BCUT2D eigenvalue weighted by molar-refractivity contribution is 5.76. The predicted octanol–water partition coefficient (Wildman–Crippen LogP) is 22.2. The van der Waals surface area contributed by atoms with Crippen LogP contribution < -0.4 is 5.32 Å². The molecule has 0 aromatic heterocycles. The summed E-state index contributed by atoms with van der Waals surface area (Å²) < 4.78 is 5.48. The van der Waals surface area contributed by atoms with Crippen LogP contribution in [0, 0.1) is 0 Å². The van der Waals surface area contributed by atoms with Crippen LogP contribution in [0.5, 0.6) is 0 Å². The number of ether oxygens (including phenoxy) is 1. The molecule has 3 N–H and O–H groups in total. The molecule has 0 aromatic carbocycles. The highest BCUT2D eigenvalue weighted by Crippen LogP contribution is 2.19. The van der Waals surface area contributed by atoms with Gasteiger partial charge in [-0.2, -0.15) is 0 Å². The van der Waals surface area contributed by atoms with Gasteiger partial charge < -0.3 is 20.3 Å². The molecule has 0 radical (unpaired) electrons. The second-order valence-corrected chi connectivity index (χ2v) is 24.2. The molecule has 2 unspecified atom stereocenters. The monoisotopic (exact) mass is 1060 g/mol. The highest BCUT2D eigenvalue weighted by atomic mass is 16.5. The number of nitrogens with one attached hydrogen (secondary N) is 1. The summed E-state index contributed by atoms with van der Waals surface area (Å²) in [4.78, 5) is 24.6. The molecule has 0 aromatic rings. The Kier molecular flexibility index (Phi) is 64.4. The average molecular weight is 1060 g/mol. The van der Waals surface area contributed by atoms with E-state index < -0.39 is 12.1 Å². The molecule has 0 spiro atoms. The van der Waals surface area contributed by atoms with Crippen molar-refractivity contribution >= 4 is 11.9 Å². The molecule has 0 heterocycles. The fraction of sp³-hybridized carbons (Fsp3) is 0.971.